The van der Waals surface area contributed by atoms with Crippen molar-refractivity contribution >= 4 is 17.3 Å². The summed E-state index contributed by atoms with van der Waals surface area (Å²) in [5.74, 6) is -0.793. The van der Waals surface area contributed by atoms with Crippen molar-refractivity contribution < 1.29 is 23.1 Å². The number of aryl methyl sites for hydroxylation is 5. The largest absolute Gasteiger partial charge is 0.481 e. The average Bonchev–Trinajstić information content (AvgIpc) is 3.07. The van der Waals surface area contributed by atoms with Gasteiger partial charge in [-0.1, -0.05) is 30.3 Å². The van der Waals surface area contributed by atoms with Crippen molar-refractivity contribution in [1.82, 2.24) is 4.98 Å². The quantitative estimate of drug-likeness (QED) is 0.421. The van der Waals surface area contributed by atoms with Gasteiger partial charge >= 0.3 is 12.1 Å². The van der Waals surface area contributed by atoms with Crippen LogP contribution >= 0.6 is 11.3 Å². The van der Waals surface area contributed by atoms with Crippen molar-refractivity contribution in [3.63, 3.8) is 0 Å². The maximum Gasteiger partial charge on any atom is 0.416 e. The zero-order valence-electron chi connectivity index (χ0n) is 17.4. The average molecular weight is 448 g/mol. The van der Waals surface area contributed by atoms with Crippen LogP contribution in [0.25, 0.3) is 10.6 Å². The number of rotatable bonds is 8. The lowest BCUT2D eigenvalue weighted by Crippen LogP contribution is -2.03. The van der Waals surface area contributed by atoms with Gasteiger partial charge in [0.1, 0.15) is 5.01 Å². The van der Waals surface area contributed by atoms with Gasteiger partial charge in [0.15, 0.2) is 0 Å². The third kappa shape index (κ3) is 6.17. The van der Waals surface area contributed by atoms with Crippen molar-refractivity contribution in [2.24, 2.45) is 0 Å². The molecular weight excluding hydrogens is 423 g/mol. The molecule has 164 valence electrons. The topological polar surface area (TPSA) is 50.2 Å². The molecule has 0 amide bonds. The van der Waals surface area contributed by atoms with Crippen LogP contribution in [0.4, 0.5) is 13.2 Å². The number of thiazole rings is 1. The molecule has 2 aromatic carbocycles. The predicted octanol–water partition coefficient (Wildman–Crippen LogP) is 6.64. The Labute approximate surface area is 183 Å². The number of nitrogens with zero attached hydrogens (tertiary/aromatic N) is 1. The highest BCUT2D eigenvalue weighted by Crippen LogP contribution is 2.33. The van der Waals surface area contributed by atoms with Crippen molar-refractivity contribution in [2.45, 2.75) is 52.1 Å². The molecular formula is C24H24F3NO2S. The molecule has 0 atom stereocenters. The summed E-state index contributed by atoms with van der Waals surface area (Å²) >= 11 is 1.53. The maximum atomic E-state index is 12.8. The lowest BCUT2D eigenvalue weighted by atomic mass is 9.98. The number of carbonyl (C=O) groups is 1. The lowest BCUT2D eigenvalue weighted by molar-refractivity contribution is -0.138. The van der Waals surface area contributed by atoms with Gasteiger partial charge < -0.3 is 5.11 Å². The summed E-state index contributed by atoms with van der Waals surface area (Å²) in [6.45, 7) is 3.94. The predicted molar refractivity (Wildman–Crippen MR) is 116 cm³/mol. The minimum absolute atomic E-state index is 0.131. The Morgan fingerprint density at radius 1 is 1.03 bits per heavy atom. The molecule has 1 N–H and O–H groups in total. The van der Waals surface area contributed by atoms with E-state index in [1.165, 1.54) is 29.0 Å². The highest BCUT2D eigenvalue weighted by atomic mass is 32.1. The van der Waals surface area contributed by atoms with E-state index in [9.17, 15) is 18.0 Å². The minimum Gasteiger partial charge on any atom is -0.481 e. The first kappa shape index (κ1) is 23.0. The first-order valence-corrected chi connectivity index (χ1v) is 10.9. The fourth-order valence-electron chi connectivity index (χ4n) is 3.47. The summed E-state index contributed by atoms with van der Waals surface area (Å²) < 4.78 is 38.3. The van der Waals surface area contributed by atoms with E-state index in [4.69, 9.17) is 5.11 Å². The Morgan fingerprint density at radius 3 is 2.35 bits per heavy atom. The van der Waals surface area contributed by atoms with E-state index < -0.39 is 17.7 Å². The first-order chi connectivity index (χ1) is 14.6. The van der Waals surface area contributed by atoms with Gasteiger partial charge in [-0.25, -0.2) is 4.98 Å². The molecule has 1 heterocycles. The second-order valence-electron chi connectivity index (χ2n) is 7.61. The number of hydrogen-bond donors (Lipinski definition) is 1. The fourth-order valence-corrected chi connectivity index (χ4v) is 4.58. The van der Waals surface area contributed by atoms with E-state index in [1.54, 1.807) is 0 Å². The van der Waals surface area contributed by atoms with Crippen LogP contribution in [0.15, 0.2) is 42.5 Å². The molecule has 0 unspecified atom stereocenters. The van der Waals surface area contributed by atoms with E-state index in [2.05, 4.69) is 17.1 Å². The third-order valence-electron chi connectivity index (χ3n) is 5.24. The second-order valence-corrected chi connectivity index (χ2v) is 8.69. The second kappa shape index (κ2) is 9.64. The molecule has 0 fully saturated rings. The number of benzene rings is 2. The van der Waals surface area contributed by atoms with Crippen LogP contribution < -0.4 is 0 Å². The zero-order chi connectivity index (χ0) is 22.6. The third-order valence-corrected chi connectivity index (χ3v) is 6.50. The molecule has 7 heteroatoms. The SMILES string of the molecule is Cc1cc(CCCc2sc(-c3ccc(C(F)(F)F)cc3)nc2C)ccc1CCC(=O)O. The molecule has 0 aliphatic carbocycles. The van der Waals surface area contributed by atoms with Gasteiger partial charge in [0.05, 0.1) is 11.3 Å². The molecule has 3 aromatic rings. The van der Waals surface area contributed by atoms with Gasteiger partial charge in [-0.2, -0.15) is 13.2 Å². The monoisotopic (exact) mass is 447 g/mol. The zero-order valence-corrected chi connectivity index (χ0v) is 18.2. The van der Waals surface area contributed by atoms with Gasteiger partial charge in [0.2, 0.25) is 0 Å². The highest BCUT2D eigenvalue weighted by molar-refractivity contribution is 7.15. The van der Waals surface area contributed by atoms with Crippen molar-refractivity contribution in [3.05, 3.63) is 75.3 Å². The van der Waals surface area contributed by atoms with E-state index in [0.717, 1.165) is 58.1 Å². The number of carboxylic acids is 1. The lowest BCUT2D eigenvalue weighted by Gasteiger charge is -2.08. The molecule has 0 aliphatic rings. The molecule has 0 spiro atoms. The first-order valence-electron chi connectivity index (χ1n) is 10.1. The molecule has 31 heavy (non-hydrogen) atoms. The molecule has 0 bridgehead atoms. The summed E-state index contributed by atoms with van der Waals surface area (Å²) in [6.07, 6.45) is -0.990. The fraction of sp³-hybridized carbons (Fsp3) is 0.333. The van der Waals surface area contributed by atoms with Gasteiger partial charge in [0.25, 0.3) is 0 Å². The molecule has 3 rings (SSSR count). The van der Waals surface area contributed by atoms with E-state index in [1.807, 2.05) is 19.9 Å². The number of aromatic nitrogens is 1. The molecule has 0 aliphatic heterocycles. The number of alkyl halides is 3. The van der Waals surface area contributed by atoms with Crippen molar-refractivity contribution in [3.8, 4) is 10.6 Å². The summed E-state index contributed by atoms with van der Waals surface area (Å²) in [5.41, 5.74) is 4.33. The summed E-state index contributed by atoms with van der Waals surface area (Å²) in [4.78, 5) is 16.4. The van der Waals surface area contributed by atoms with Crippen molar-refractivity contribution in [1.29, 1.82) is 0 Å². The molecule has 3 nitrogen and oxygen atoms in total. The molecule has 0 saturated heterocycles. The molecule has 1 aromatic heterocycles. The van der Waals surface area contributed by atoms with Crippen LogP contribution in [0.5, 0.6) is 0 Å². The van der Waals surface area contributed by atoms with Crippen LogP contribution in [-0.4, -0.2) is 16.1 Å². The van der Waals surface area contributed by atoms with Crippen LogP contribution in [0.1, 0.15) is 45.7 Å². The van der Waals surface area contributed by atoms with Crippen LogP contribution in [0, 0.1) is 13.8 Å². The summed E-state index contributed by atoms with van der Waals surface area (Å²) in [7, 11) is 0. The molecule has 0 radical (unpaired) electrons. The Bertz CT molecular complexity index is 1060. The van der Waals surface area contributed by atoms with E-state index >= 15 is 0 Å². The van der Waals surface area contributed by atoms with Crippen molar-refractivity contribution in [2.75, 3.05) is 0 Å². The summed E-state index contributed by atoms with van der Waals surface area (Å²) in [5, 5.41) is 9.57. The number of aliphatic carboxylic acids is 1. The standard InChI is InChI=1S/C24H24F3NO2S/c1-15-14-17(6-7-18(15)10-13-22(29)30)4-3-5-21-16(2)28-23(31-21)19-8-11-20(12-9-19)24(25,26)27/h6-9,11-12,14H,3-5,10,13H2,1-2H3,(H,29,30). The smallest absolute Gasteiger partial charge is 0.416 e. The maximum absolute atomic E-state index is 12.8. The summed E-state index contributed by atoms with van der Waals surface area (Å²) in [6, 6.07) is 11.3. The Kier molecular flexibility index (Phi) is 7.15. The highest BCUT2D eigenvalue weighted by Gasteiger charge is 2.30. The van der Waals surface area contributed by atoms with Gasteiger partial charge in [0, 0.05) is 16.9 Å². The van der Waals surface area contributed by atoms with Gasteiger partial charge in [-0.15, -0.1) is 11.3 Å². The number of hydrogen-bond acceptors (Lipinski definition) is 3. The van der Waals surface area contributed by atoms with Crippen LogP contribution in [-0.2, 0) is 30.2 Å². The van der Waals surface area contributed by atoms with Crippen LogP contribution in [0.3, 0.4) is 0 Å². The minimum atomic E-state index is -4.34. The number of halogens is 3. The van der Waals surface area contributed by atoms with Crippen LogP contribution in [0.2, 0.25) is 0 Å². The number of carboxylic acid groups (broad SMARTS) is 1. The normalized spacial score (nSPS) is 11.6. The Hall–Kier alpha value is -2.67. The molecule has 0 saturated carbocycles. The Balaban J connectivity index is 1.60. The Morgan fingerprint density at radius 2 is 1.74 bits per heavy atom. The van der Waals surface area contributed by atoms with E-state index in [-0.39, 0.29) is 6.42 Å². The van der Waals surface area contributed by atoms with E-state index in [0.29, 0.717) is 12.0 Å². The van der Waals surface area contributed by atoms with Gasteiger partial charge in [-0.3, -0.25) is 4.79 Å². The van der Waals surface area contributed by atoms with Gasteiger partial charge in [-0.05, 0) is 68.4 Å².